The van der Waals surface area contributed by atoms with E-state index in [1.807, 2.05) is 37.3 Å². The summed E-state index contributed by atoms with van der Waals surface area (Å²) in [6, 6.07) is 12.9. The third-order valence-corrected chi connectivity index (χ3v) is 12.5. The van der Waals surface area contributed by atoms with Crippen LogP contribution >= 0.6 is 11.6 Å². The summed E-state index contributed by atoms with van der Waals surface area (Å²) in [5, 5.41) is -0.118. The van der Waals surface area contributed by atoms with E-state index in [0.717, 1.165) is 49.9 Å². The molecule has 1 aromatic heterocycles. The zero-order valence-electron chi connectivity index (χ0n) is 27.2. The van der Waals surface area contributed by atoms with E-state index in [1.165, 1.54) is 5.56 Å². The highest BCUT2D eigenvalue weighted by Crippen LogP contribution is 2.50. The van der Waals surface area contributed by atoms with E-state index in [0.29, 0.717) is 36.2 Å². The van der Waals surface area contributed by atoms with Gasteiger partial charge in [0.2, 0.25) is 10.0 Å². The molecule has 1 aliphatic carbocycles. The smallest absolute Gasteiger partial charge is 0.264 e. The van der Waals surface area contributed by atoms with Crippen molar-refractivity contribution < 1.29 is 22.7 Å². The van der Waals surface area contributed by atoms with E-state index < -0.39 is 26.8 Å². The van der Waals surface area contributed by atoms with Gasteiger partial charge >= 0.3 is 0 Å². The van der Waals surface area contributed by atoms with Crippen LogP contribution in [-0.2, 0) is 33.4 Å². The second kappa shape index (κ2) is 13.9. The number of hydrogen-bond acceptors (Lipinski definition) is 8. The number of sulfonamides is 1. The third-order valence-electron chi connectivity index (χ3n) is 10.3. The van der Waals surface area contributed by atoms with E-state index >= 15 is 0 Å². The van der Waals surface area contributed by atoms with Gasteiger partial charge in [0, 0.05) is 49.1 Å². The Labute approximate surface area is 282 Å². The molecule has 9 nitrogen and oxygen atoms in total. The first kappa shape index (κ1) is 33.4. The number of aryl methyl sites for hydroxylation is 1. The summed E-state index contributed by atoms with van der Waals surface area (Å²) in [7, 11) is -2.27. The first-order valence-electron chi connectivity index (χ1n) is 16.5. The highest BCUT2D eigenvalue weighted by Gasteiger charge is 2.50. The topological polar surface area (TPSA) is 111 Å². The van der Waals surface area contributed by atoms with Gasteiger partial charge in [-0.15, -0.1) is 0 Å². The summed E-state index contributed by atoms with van der Waals surface area (Å²) in [6.07, 6.45) is 12.6. The van der Waals surface area contributed by atoms with Crippen LogP contribution in [0.1, 0.15) is 73.3 Å². The average Bonchev–Trinajstić information content (AvgIpc) is 3.08. The molecule has 1 amide bonds. The molecule has 2 aliphatic heterocycles. The van der Waals surface area contributed by atoms with Crippen molar-refractivity contribution in [3.63, 3.8) is 0 Å². The maximum atomic E-state index is 13.5. The van der Waals surface area contributed by atoms with Gasteiger partial charge in [0.1, 0.15) is 18.0 Å². The summed E-state index contributed by atoms with van der Waals surface area (Å²) in [4.78, 5) is 25.1. The van der Waals surface area contributed by atoms with E-state index in [2.05, 4.69) is 19.6 Å². The second-order valence-electron chi connectivity index (χ2n) is 13.1. The van der Waals surface area contributed by atoms with Crippen LogP contribution in [0, 0.1) is 17.8 Å². The number of halogens is 1. The van der Waals surface area contributed by atoms with Gasteiger partial charge in [0.05, 0.1) is 10.9 Å². The Bertz CT molecular complexity index is 1740. The van der Waals surface area contributed by atoms with Crippen molar-refractivity contribution >= 4 is 33.2 Å². The monoisotopic (exact) mass is 678 g/mol. The first-order chi connectivity index (χ1) is 22.6. The van der Waals surface area contributed by atoms with Crippen molar-refractivity contribution in [3.05, 3.63) is 94.5 Å². The molecular weight excluding hydrogens is 636 g/mol. The lowest BCUT2D eigenvalue weighted by atomic mass is 9.63. The van der Waals surface area contributed by atoms with Crippen LogP contribution in [0.15, 0.2) is 67.0 Å². The van der Waals surface area contributed by atoms with Crippen molar-refractivity contribution in [2.45, 2.75) is 69.8 Å². The molecule has 3 aromatic rings. The van der Waals surface area contributed by atoms with Crippen LogP contribution in [0.25, 0.3) is 0 Å². The molecule has 1 saturated carbocycles. The predicted octanol–water partition coefficient (Wildman–Crippen LogP) is 6.46. The highest BCUT2D eigenvalue weighted by atomic mass is 35.5. The second-order valence-corrected chi connectivity index (χ2v) is 15.6. The summed E-state index contributed by atoms with van der Waals surface area (Å²) < 4.78 is 42.1. The molecule has 3 aliphatic rings. The van der Waals surface area contributed by atoms with E-state index in [1.54, 1.807) is 50.7 Å². The summed E-state index contributed by atoms with van der Waals surface area (Å²) in [5.41, 5.74) is 2.39. The number of carbonyl (C=O) groups excluding carboxylic acids is 1. The lowest BCUT2D eigenvalue weighted by Crippen LogP contribution is -2.50. The summed E-state index contributed by atoms with van der Waals surface area (Å²) in [6.45, 7) is 5.28. The maximum absolute atomic E-state index is 13.5. The number of amides is 1. The molecule has 11 heteroatoms. The van der Waals surface area contributed by atoms with Gasteiger partial charge in [-0.2, -0.15) is 0 Å². The Kier molecular flexibility index (Phi) is 9.92. The largest absolute Gasteiger partial charge is 0.487 e. The minimum absolute atomic E-state index is 0.0796. The van der Waals surface area contributed by atoms with Gasteiger partial charge in [-0.25, -0.2) is 23.1 Å². The number of ether oxygens (including phenoxy) is 2. The number of anilines is 1. The Morgan fingerprint density at radius 2 is 1.87 bits per heavy atom. The molecular formula is C36H43ClN4O5S. The Morgan fingerprint density at radius 1 is 1.06 bits per heavy atom. The van der Waals surface area contributed by atoms with Gasteiger partial charge in [-0.3, -0.25) is 4.79 Å². The van der Waals surface area contributed by atoms with Crippen molar-refractivity contribution in [2.75, 3.05) is 25.1 Å². The molecule has 6 rings (SSSR count). The summed E-state index contributed by atoms with van der Waals surface area (Å²) >= 11 is 6.36. The zero-order valence-corrected chi connectivity index (χ0v) is 28.8. The van der Waals surface area contributed by atoms with Crippen molar-refractivity contribution in [1.82, 2.24) is 14.7 Å². The molecule has 47 heavy (non-hydrogen) atoms. The SMILES string of the molecule is CO[C@]1(c2ncccn2)/C=C/C[C@H](C)[C@@H](C)S(=O)(=O)NC(=O)c2ccc3c(c2)N(CCCCc2cc(Cl)ccc2CO3)C[C@@H]2CC[C@H]21. The number of aromatic nitrogens is 2. The van der Waals surface area contributed by atoms with E-state index in [9.17, 15) is 13.2 Å². The lowest BCUT2D eigenvalue weighted by molar-refractivity contribution is -0.0859. The van der Waals surface area contributed by atoms with Crippen LogP contribution < -0.4 is 14.4 Å². The number of nitrogens with one attached hydrogen (secondary N) is 1. The number of methoxy groups -OCH3 is 1. The quantitative estimate of drug-likeness (QED) is 0.308. The van der Waals surface area contributed by atoms with Crippen molar-refractivity contribution in [1.29, 1.82) is 0 Å². The summed E-state index contributed by atoms with van der Waals surface area (Å²) in [5.74, 6) is 0.618. The first-order valence-corrected chi connectivity index (χ1v) is 18.4. The third kappa shape index (κ3) is 6.91. The molecule has 0 saturated heterocycles. The fourth-order valence-corrected chi connectivity index (χ4v) is 8.61. The number of rotatable bonds is 2. The molecule has 2 bridgehead atoms. The molecule has 0 radical (unpaired) electrons. The minimum Gasteiger partial charge on any atom is -0.487 e. The van der Waals surface area contributed by atoms with Gasteiger partial charge in [0.15, 0.2) is 5.82 Å². The van der Waals surface area contributed by atoms with Gasteiger partial charge in [0.25, 0.3) is 5.91 Å². The van der Waals surface area contributed by atoms with Crippen LogP contribution in [0.3, 0.4) is 0 Å². The molecule has 1 fully saturated rings. The molecule has 5 atom stereocenters. The maximum Gasteiger partial charge on any atom is 0.264 e. The predicted molar refractivity (Wildman–Crippen MR) is 183 cm³/mol. The molecule has 0 unspecified atom stereocenters. The Morgan fingerprint density at radius 3 is 2.62 bits per heavy atom. The van der Waals surface area contributed by atoms with Crippen LogP contribution in [0.5, 0.6) is 5.75 Å². The van der Waals surface area contributed by atoms with Crippen molar-refractivity contribution in [3.8, 4) is 5.75 Å². The van der Waals surface area contributed by atoms with Gasteiger partial charge < -0.3 is 14.4 Å². The molecule has 0 spiro atoms. The fraction of sp³-hybridized carbons (Fsp3) is 0.472. The zero-order chi connectivity index (χ0) is 33.2. The lowest BCUT2D eigenvalue weighted by Gasteiger charge is -2.49. The standard InChI is InChI=1S/C36H43ClN4O5S/c1-24-8-6-16-36(45-3,35-38-17-7-18-39-35)31-14-11-28(31)22-41-19-5-4-9-26-20-30(37)13-10-29(26)23-46-33-15-12-27(21-32(33)41)34(42)40-47(43,44)25(24)2/h6-7,10,12-13,15-18,20-21,24-25,28,31H,4-5,8-9,11,14,19,22-23H2,1-3H3,(H,40,42)/b16-6+/t24-,25+,28-,31+,36+/m0/s1. The average molecular weight is 679 g/mol. The van der Waals surface area contributed by atoms with Crippen LogP contribution in [0.2, 0.25) is 5.02 Å². The van der Waals surface area contributed by atoms with Gasteiger partial charge in [-0.1, -0.05) is 30.7 Å². The Balaban J connectivity index is 1.45. The molecule has 3 heterocycles. The number of hydrogen-bond donors (Lipinski definition) is 1. The van der Waals surface area contributed by atoms with E-state index in [-0.39, 0.29) is 23.3 Å². The minimum atomic E-state index is -3.98. The number of benzene rings is 2. The number of nitrogens with zero attached hydrogens (tertiary/aromatic N) is 3. The number of fused-ring (bicyclic) bond motifs is 3. The fourth-order valence-electron chi connectivity index (χ4n) is 7.13. The highest BCUT2D eigenvalue weighted by molar-refractivity contribution is 7.90. The van der Waals surface area contributed by atoms with E-state index in [4.69, 9.17) is 21.1 Å². The number of carbonyl (C=O) groups is 1. The Hall–Kier alpha value is -3.47. The molecule has 250 valence electrons. The molecule has 2 aromatic carbocycles. The van der Waals surface area contributed by atoms with Gasteiger partial charge in [-0.05, 0) is 111 Å². The van der Waals surface area contributed by atoms with Crippen LogP contribution in [0.4, 0.5) is 5.69 Å². The normalized spacial score (nSPS) is 28.7. The molecule has 1 N–H and O–H groups in total. The van der Waals surface area contributed by atoms with Crippen molar-refractivity contribution in [2.24, 2.45) is 17.8 Å². The van der Waals surface area contributed by atoms with Crippen LogP contribution in [-0.4, -0.2) is 49.7 Å². The number of allylic oxidation sites excluding steroid dienone is 1.